The number of benzene rings is 11. The fourth-order valence-corrected chi connectivity index (χ4v) is 11.1. The van der Waals surface area contributed by atoms with Crippen molar-refractivity contribution in [2.24, 2.45) is 0 Å². The number of anilines is 3. The Kier molecular flexibility index (Phi) is 8.91. The molecule has 0 radical (unpaired) electrons. The van der Waals surface area contributed by atoms with Crippen LogP contribution in [0.1, 0.15) is 25.0 Å². The topological polar surface area (TPSA) is 8.17 Å². The molecule has 1 aliphatic rings. The van der Waals surface area contributed by atoms with Gasteiger partial charge in [0.2, 0.25) is 0 Å². The van der Waals surface area contributed by atoms with Gasteiger partial charge in [-0.15, -0.1) is 0 Å². The summed E-state index contributed by atoms with van der Waals surface area (Å²) < 4.78 is 2.39. The zero-order valence-corrected chi connectivity index (χ0v) is 37.5. The Hall–Kier alpha value is -8.46. The molecule has 0 bridgehead atoms. The minimum Gasteiger partial charge on any atom is -0.310 e. The van der Waals surface area contributed by atoms with Gasteiger partial charge in [0, 0.05) is 38.9 Å². The molecule has 316 valence electrons. The molecule has 1 heterocycles. The smallest absolute Gasteiger partial charge is 0.0547 e. The molecule has 2 nitrogen and oxygen atoms in total. The minimum atomic E-state index is -0.0202. The number of aromatic nitrogens is 1. The fourth-order valence-electron chi connectivity index (χ4n) is 11.1. The molecule has 0 spiro atoms. The highest BCUT2D eigenvalue weighted by molar-refractivity contribution is 6.12. The van der Waals surface area contributed by atoms with E-state index in [1.54, 1.807) is 0 Å². The number of para-hydroxylation sites is 2. The van der Waals surface area contributed by atoms with Crippen molar-refractivity contribution in [3.8, 4) is 50.2 Å². The summed E-state index contributed by atoms with van der Waals surface area (Å²) in [5.74, 6) is 0. The van der Waals surface area contributed by atoms with E-state index >= 15 is 0 Å². The Bertz CT molecular complexity index is 3870. The summed E-state index contributed by atoms with van der Waals surface area (Å²) in [6.07, 6.45) is 0. The molecule has 0 N–H and O–H groups in total. The molecule has 0 amide bonds. The van der Waals surface area contributed by atoms with Gasteiger partial charge in [-0.25, -0.2) is 0 Å². The lowest BCUT2D eigenvalue weighted by Crippen LogP contribution is -2.14. The third-order valence-electron chi connectivity index (χ3n) is 14.4. The van der Waals surface area contributed by atoms with Gasteiger partial charge < -0.3 is 9.47 Å². The Morgan fingerprint density at radius 3 is 1.70 bits per heavy atom. The van der Waals surface area contributed by atoms with E-state index in [4.69, 9.17) is 0 Å². The van der Waals surface area contributed by atoms with E-state index in [0.717, 1.165) is 22.7 Å². The molecular weight excluding hydrogens is 809 g/mol. The number of rotatable bonds is 7. The van der Waals surface area contributed by atoms with E-state index < -0.39 is 0 Å². The van der Waals surface area contributed by atoms with Crippen molar-refractivity contribution < 1.29 is 0 Å². The van der Waals surface area contributed by atoms with Crippen LogP contribution in [0.15, 0.2) is 243 Å². The lowest BCUT2D eigenvalue weighted by Gasteiger charge is -2.26. The monoisotopic (exact) mass is 854 g/mol. The summed E-state index contributed by atoms with van der Waals surface area (Å²) in [6.45, 7) is 4.68. The van der Waals surface area contributed by atoms with Gasteiger partial charge >= 0.3 is 0 Å². The SMILES string of the molecule is CC1(C)c2ccccc2-c2cc(-c3ccc(N(c4ccc(-c5ccc6c7ccccc7n(-c7ccccc7)c6c5)cc4)c4cccc(-c5cccc6c5ccc5ccccc56)c4)cc3)ccc21. The van der Waals surface area contributed by atoms with E-state index in [1.807, 2.05) is 0 Å². The van der Waals surface area contributed by atoms with Crippen molar-refractivity contribution in [2.75, 3.05) is 4.90 Å². The van der Waals surface area contributed by atoms with Gasteiger partial charge in [0.15, 0.2) is 0 Å². The van der Waals surface area contributed by atoms with Crippen LogP contribution in [0, 0.1) is 0 Å². The average molecular weight is 855 g/mol. The van der Waals surface area contributed by atoms with Crippen molar-refractivity contribution >= 4 is 60.4 Å². The standard InChI is InChI=1S/C65H46N2/c1-65(2)61-24-10-8-20-57(61)60-41-46(32-39-62(60)65)43-26-33-50(34-27-43)66(52-18-12-15-48(40-52)54-22-13-23-55-53-19-7-6-14-45(53)30-37-56(54)55)51-35-28-44(29-36-51)47-31-38-59-58-21-9-11-25-63(58)67(64(59)42-47)49-16-4-3-5-17-49/h3-42H,1-2H3. The Balaban J connectivity index is 0.916. The van der Waals surface area contributed by atoms with Crippen molar-refractivity contribution in [1.29, 1.82) is 0 Å². The molecule has 2 heteroatoms. The first-order valence-corrected chi connectivity index (χ1v) is 23.3. The molecule has 0 saturated carbocycles. The summed E-state index contributed by atoms with van der Waals surface area (Å²) in [6, 6.07) is 89.4. The maximum absolute atomic E-state index is 2.40. The highest BCUT2D eigenvalue weighted by atomic mass is 15.1. The molecule has 13 rings (SSSR count). The zero-order valence-electron chi connectivity index (χ0n) is 37.5. The Labute approximate surface area is 391 Å². The molecule has 0 atom stereocenters. The fraction of sp³-hybridized carbons (Fsp3) is 0.0462. The van der Waals surface area contributed by atoms with Gasteiger partial charge in [-0.3, -0.25) is 0 Å². The average Bonchev–Trinajstić information content (AvgIpc) is 3.84. The van der Waals surface area contributed by atoms with Crippen LogP contribution in [0.5, 0.6) is 0 Å². The van der Waals surface area contributed by atoms with Crippen molar-refractivity contribution in [3.05, 3.63) is 254 Å². The first-order chi connectivity index (χ1) is 33.0. The van der Waals surface area contributed by atoms with Crippen LogP contribution in [0.4, 0.5) is 17.1 Å². The minimum absolute atomic E-state index is 0.0202. The molecule has 12 aromatic rings. The Morgan fingerprint density at radius 2 is 0.896 bits per heavy atom. The van der Waals surface area contributed by atoms with Crippen LogP contribution < -0.4 is 4.90 Å². The maximum Gasteiger partial charge on any atom is 0.0547 e. The van der Waals surface area contributed by atoms with E-state index in [-0.39, 0.29) is 5.41 Å². The number of fused-ring (bicyclic) bond motifs is 9. The second-order valence-electron chi connectivity index (χ2n) is 18.5. The zero-order chi connectivity index (χ0) is 44.6. The predicted molar refractivity (Wildman–Crippen MR) is 284 cm³/mol. The van der Waals surface area contributed by atoms with E-state index in [1.165, 1.54) is 99.0 Å². The van der Waals surface area contributed by atoms with Crippen molar-refractivity contribution in [2.45, 2.75) is 19.3 Å². The third-order valence-corrected chi connectivity index (χ3v) is 14.4. The van der Waals surface area contributed by atoms with Gasteiger partial charge in [0.25, 0.3) is 0 Å². The summed E-state index contributed by atoms with van der Waals surface area (Å²) in [5.41, 5.74) is 19.5. The van der Waals surface area contributed by atoms with Gasteiger partial charge in [-0.05, 0) is 144 Å². The van der Waals surface area contributed by atoms with E-state index in [9.17, 15) is 0 Å². The number of hydrogen-bond donors (Lipinski definition) is 0. The molecule has 1 aromatic heterocycles. The summed E-state index contributed by atoms with van der Waals surface area (Å²) in [5, 5.41) is 7.56. The van der Waals surface area contributed by atoms with Crippen molar-refractivity contribution in [3.63, 3.8) is 0 Å². The van der Waals surface area contributed by atoms with Gasteiger partial charge in [0.05, 0.1) is 11.0 Å². The van der Waals surface area contributed by atoms with Crippen LogP contribution in [0.25, 0.3) is 93.5 Å². The van der Waals surface area contributed by atoms with Crippen LogP contribution in [0.3, 0.4) is 0 Å². The number of nitrogens with zero attached hydrogens (tertiary/aromatic N) is 2. The molecule has 0 aliphatic heterocycles. The number of hydrogen-bond acceptors (Lipinski definition) is 1. The first kappa shape index (κ1) is 39.0. The Morgan fingerprint density at radius 1 is 0.313 bits per heavy atom. The molecule has 0 saturated heterocycles. The quantitative estimate of drug-likeness (QED) is 0.145. The first-order valence-electron chi connectivity index (χ1n) is 23.3. The lowest BCUT2D eigenvalue weighted by atomic mass is 9.82. The molecule has 67 heavy (non-hydrogen) atoms. The highest BCUT2D eigenvalue weighted by Gasteiger charge is 2.35. The molecule has 11 aromatic carbocycles. The largest absolute Gasteiger partial charge is 0.310 e. The second kappa shape index (κ2) is 15.3. The summed E-state index contributed by atoms with van der Waals surface area (Å²) in [7, 11) is 0. The van der Waals surface area contributed by atoms with Crippen LogP contribution in [-0.2, 0) is 5.41 Å². The third kappa shape index (κ3) is 6.32. The van der Waals surface area contributed by atoms with Crippen LogP contribution in [-0.4, -0.2) is 4.57 Å². The van der Waals surface area contributed by atoms with E-state index in [2.05, 4.69) is 266 Å². The second-order valence-corrected chi connectivity index (χ2v) is 18.5. The highest BCUT2D eigenvalue weighted by Crippen LogP contribution is 2.50. The maximum atomic E-state index is 2.40. The molecule has 0 fully saturated rings. The van der Waals surface area contributed by atoms with E-state index in [0.29, 0.717) is 0 Å². The van der Waals surface area contributed by atoms with Crippen LogP contribution in [0.2, 0.25) is 0 Å². The summed E-state index contributed by atoms with van der Waals surface area (Å²) >= 11 is 0. The van der Waals surface area contributed by atoms with Gasteiger partial charge in [-0.1, -0.05) is 190 Å². The predicted octanol–water partition coefficient (Wildman–Crippen LogP) is 17.9. The van der Waals surface area contributed by atoms with Crippen molar-refractivity contribution in [1.82, 2.24) is 4.57 Å². The lowest BCUT2D eigenvalue weighted by molar-refractivity contribution is 0.660. The summed E-state index contributed by atoms with van der Waals surface area (Å²) in [4.78, 5) is 2.40. The van der Waals surface area contributed by atoms with Crippen LogP contribution >= 0.6 is 0 Å². The van der Waals surface area contributed by atoms with Gasteiger partial charge in [0.1, 0.15) is 0 Å². The van der Waals surface area contributed by atoms with Gasteiger partial charge in [-0.2, -0.15) is 0 Å². The molecular formula is C65H46N2. The molecule has 0 unspecified atom stereocenters. The normalized spacial score (nSPS) is 12.7. The molecule has 1 aliphatic carbocycles.